The quantitative estimate of drug-likeness (QED) is 0.498. The van der Waals surface area contributed by atoms with Crippen LogP contribution in [0.15, 0.2) is 60.7 Å². The first kappa shape index (κ1) is 20.5. The summed E-state index contributed by atoms with van der Waals surface area (Å²) in [5.41, 5.74) is 0.936. The minimum Gasteiger partial charge on any atom is -0.507 e. The van der Waals surface area contributed by atoms with Gasteiger partial charge >= 0.3 is 5.97 Å². The lowest BCUT2D eigenvalue weighted by atomic mass is 10.0. The van der Waals surface area contributed by atoms with Gasteiger partial charge in [-0.2, -0.15) is 0 Å². The summed E-state index contributed by atoms with van der Waals surface area (Å²) in [6.07, 6.45) is -1.01. The molecule has 7 heteroatoms. The number of aromatic hydroxyl groups is 2. The molecule has 3 aromatic rings. The maximum Gasteiger partial charge on any atom is 0.342 e. The van der Waals surface area contributed by atoms with Crippen LogP contribution in [0.5, 0.6) is 11.5 Å². The number of amides is 1. The van der Waals surface area contributed by atoms with Crippen LogP contribution in [0.2, 0.25) is 0 Å². The molecule has 0 saturated carbocycles. The highest BCUT2D eigenvalue weighted by Crippen LogP contribution is 2.35. The zero-order chi connectivity index (χ0) is 22.0. The summed E-state index contributed by atoms with van der Waals surface area (Å²) in [4.78, 5) is 29.3. The fourth-order valence-corrected chi connectivity index (χ4v) is 3.85. The van der Waals surface area contributed by atoms with Crippen LogP contribution in [0, 0.1) is 0 Å². The van der Waals surface area contributed by atoms with E-state index in [4.69, 9.17) is 4.74 Å². The van der Waals surface area contributed by atoms with Crippen molar-refractivity contribution in [2.75, 3.05) is 31.1 Å². The lowest BCUT2D eigenvalue weighted by Gasteiger charge is -2.37. The molecular formula is C24H24N2O5. The van der Waals surface area contributed by atoms with E-state index in [1.807, 2.05) is 30.3 Å². The third-order valence-corrected chi connectivity index (χ3v) is 5.56. The Morgan fingerprint density at radius 1 is 0.903 bits per heavy atom. The molecule has 1 fully saturated rings. The van der Waals surface area contributed by atoms with Gasteiger partial charge in [0, 0.05) is 42.6 Å². The molecule has 0 radical (unpaired) electrons. The molecule has 4 rings (SSSR count). The molecule has 31 heavy (non-hydrogen) atoms. The molecule has 1 atom stereocenters. The number of benzene rings is 3. The van der Waals surface area contributed by atoms with Gasteiger partial charge in [-0.1, -0.05) is 42.5 Å². The number of rotatable bonds is 4. The Hall–Kier alpha value is -3.74. The molecular weight excluding hydrogens is 396 g/mol. The summed E-state index contributed by atoms with van der Waals surface area (Å²) in [6.45, 7) is 3.95. The fraction of sp³-hybridized carbons (Fsp3) is 0.250. The maximum atomic E-state index is 12.8. The highest BCUT2D eigenvalue weighted by atomic mass is 16.5. The van der Waals surface area contributed by atoms with Gasteiger partial charge in [0.15, 0.2) is 6.10 Å². The van der Waals surface area contributed by atoms with E-state index in [1.165, 1.54) is 6.92 Å². The van der Waals surface area contributed by atoms with Gasteiger partial charge in [0.05, 0.1) is 0 Å². The molecule has 1 saturated heterocycles. The summed E-state index contributed by atoms with van der Waals surface area (Å²) >= 11 is 0. The second-order valence-corrected chi connectivity index (χ2v) is 7.53. The van der Waals surface area contributed by atoms with Crippen molar-refractivity contribution in [3.05, 3.63) is 66.2 Å². The summed E-state index contributed by atoms with van der Waals surface area (Å²) in [5.74, 6) is -1.57. The summed E-state index contributed by atoms with van der Waals surface area (Å²) in [5, 5.41) is 21.4. The van der Waals surface area contributed by atoms with Crippen molar-refractivity contribution in [3.8, 4) is 11.5 Å². The number of para-hydroxylation sites is 1. The Bertz CT molecular complexity index is 1110. The summed E-state index contributed by atoms with van der Waals surface area (Å²) in [6, 6.07) is 17.8. The predicted octanol–water partition coefficient (Wildman–Crippen LogP) is 3.15. The Morgan fingerprint density at radius 2 is 1.52 bits per heavy atom. The smallest absolute Gasteiger partial charge is 0.342 e. The topological polar surface area (TPSA) is 90.3 Å². The van der Waals surface area contributed by atoms with Crippen LogP contribution in [-0.2, 0) is 9.53 Å². The van der Waals surface area contributed by atoms with Gasteiger partial charge in [-0.05, 0) is 25.1 Å². The number of carbonyl (C=O) groups is 2. The van der Waals surface area contributed by atoms with Gasteiger partial charge in [-0.3, -0.25) is 4.79 Å². The SMILES string of the molecule is C[C@H](OC(=O)c1cc(O)c2ccccc2c1O)C(=O)N1CCN(c2ccccc2)CC1. The van der Waals surface area contributed by atoms with Gasteiger partial charge in [0.2, 0.25) is 0 Å². The van der Waals surface area contributed by atoms with Crippen LogP contribution in [0.25, 0.3) is 10.8 Å². The molecule has 7 nitrogen and oxygen atoms in total. The molecule has 1 amide bonds. The van der Waals surface area contributed by atoms with Crippen molar-refractivity contribution < 1.29 is 24.5 Å². The molecule has 160 valence electrons. The van der Waals surface area contributed by atoms with Crippen LogP contribution in [0.1, 0.15) is 17.3 Å². The Kier molecular flexibility index (Phi) is 5.66. The van der Waals surface area contributed by atoms with Crippen molar-refractivity contribution in [1.29, 1.82) is 0 Å². The minimum absolute atomic E-state index is 0.142. The molecule has 0 aliphatic carbocycles. The third-order valence-electron chi connectivity index (χ3n) is 5.56. The van der Waals surface area contributed by atoms with E-state index in [9.17, 15) is 19.8 Å². The standard InChI is InChI=1S/C24H24N2O5/c1-16(23(29)26-13-11-25(12-14-26)17-7-3-2-4-8-17)31-24(30)20-15-21(27)18-9-5-6-10-19(18)22(20)28/h2-10,15-16,27-28H,11-14H2,1H3/t16-/m0/s1. The Labute approximate surface area is 180 Å². The van der Waals surface area contributed by atoms with E-state index in [0.29, 0.717) is 37.0 Å². The number of fused-ring (bicyclic) bond motifs is 1. The van der Waals surface area contributed by atoms with E-state index >= 15 is 0 Å². The number of hydrogen-bond acceptors (Lipinski definition) is 6. The second-order valence-electron chi connectivity index (χ2n) is 7.53. The fourth-order valence-electron chi connectivity index (χ4n) is 3.85. The van der Waals surface area contributed by atoms with Crippen LogP contribution >= 0.6 is 0 Å². The highest BCUT2D eigenvalue weighted by molar-refractivity contribution is 6.04. The summed E-state index contributed by atoms with van der Waals surface area (Å²) in [7, 11) is 0. The lowest BCUT2D eigenvalue weighted by Crippen LogP contribution is -2.51. The molecule has 3 aromatic carbocycles. The first-order valence-electron chi connectivity index (χ1n) is 10.2. The van der Waals surface area contributed by atoms with Crippen molar-refractivity contribution in [2.45, 2.75) is 13.0 Å². The van der Waals surface area contributed by atoms with Crippen molar-refractivity contribution >= 4 is 28.3 Å². The van der Waals surface area contributed by atoms with Gasteiger partial charge in [-0.25, -0.2) is 4.79 Å². The number of ether oxygens (including phenoxy) is 1. The van der Waals surface area contributed by atoms with Crippen LogP contribution in [0.3, 0.4) is 0 Å². The number of hydrogen-bond donors (Lipinski definition) is 2. The predicted molar refractivity (Wildman–Crippen MR) is 117 cm³/mol. The lowest BCUT2D eigenvalue weighted by molar-refractivity contribution is -0.140. The van der Waals surface area contributed by atoms with E-state index < -0.39 is 12.1 Å². The average molecular weight is 420 g/mol. The van der Waals surface area contributed by atoms with E-state index in [1.54, 1.807) is 29.2 Å². The first-order chi connectivity index (χ1) is 15.0. The van der Waals surface area contributed by atoms with Gasteiger partial charge in [0.25, 0.3) is 5.91 Å². The number of esters is 1. The molecule has 0 aromatic heterocycles. The molecule has 0 spiro atoms. The number of nitrogens with zero attached hydrogens (tertiary/aromatic N) is 2. The molecule has 0 bridgehead atoms. The molecule has 1 heterocycles. The van der Waals surface area contributed by atoms with Gasteiger partial charge in [-0.15, -0.1) is 0 Å². The largest absolute Gasteiger partial charge is 0.507 e. The molecule has 2 N–H and O–H groups in total. The first-order valence-corrected chi connectivity index (χ1v) is 10.2. The van der Waals surface area contributed by atoms with E-state index in [-0.39, 0.29) is 23.0 Å². The molecule has 1 aliphatic heterocycles. The number of piperazine rings is 1. The molecule has 0 unspecified atom stereocenters. The average Bonchev–Trinajstić information content (AvgIpc) is 2.81. The highest BCUT2D eigenvalue weighted by Gasteiger charge is 2.29. The second kappa shape index (κ2) is 8.55. The van der Waals surface area contributed by atoms with Gasteiger partial charge in [0.1, 0.15) is 17.1 Å². The van der Waals surface area contributed by atoms with E-state index in [0.717, 1.165) is 11.8 Å². The van der Waals surface area contributed by atoms with Crippen molar-refractivity contribution in [3.63, 3.8) is 0 Å². The Balaban J connectivity index is 1.41. The number of phenolic OH excluding ortho intramolecular Hbond substituents is 2. The van der Waals surface area contributed by atoms with Crippen molar-refractivity contribution in [1.82, 2.24) is 4.90 Å². The zero-order valence-corrected chi connectivity index (χ0v) is 17.2. The molecule has 1 aliphatic rings. The van der Waals surface area contributed by atoms with Crippen LogP contribution < -0.4 is 4.90 Å². The normalized spacial score (nSPS) is 15.0. The number of anilines is 1. The van der Waals surface area contributed by atoms with Crippen LogP contribution in [0.4, 0.5) is 5.69 Å². The Morgan fingerprint density at radius 3 is 2.19 bits per heavy atom. The maximum absolute atomic E-state index is 12.8. The zero-order valence-electron chi connectivity index (χ0n) is 17.2. The third kappa shape index (κ3) is 4.12. The number of phenols is 2. The minimum atomic E-state index is -1.01. The van der Waals surface area contributed by atoms with E-state index in [2.05, 4.69) is 4.90 Å². The van der Waals surface area contributed by atoms with Crippen LogP contribution in [-0.4, -0.2) is 59.3 Å². The summed E-state index contributed by atoms with van der Waals surface area (Å²) < 4.78 is 5.33. The number of carbonyl (C=O) groups excluding carboxylic acids is 2. The van der Waals surface area contributed by atoms with Crippen molar-refractivity contribution in [2.24, 2.45) is 0 Å². The monoisotopic (exact) mass is 420 g/mol. The van der Waals surface area contributed by atoms with Gasteiger partial charge < -0.3 is 24.7 Å².